The molecule has 0 radical (unpaired) electrons. The molecule has 3 aromatic rings. The summed E-state index contributed by atoms with van der Waals surface area (Å²) in [5.41, 5.74) is 1.82. The lowest BCUT2D eigenvalue weighted by Gasteiger charge is -2.01. The lowest BCUT2D eigenvalue weighted by molar-refractivity contribution is 0.0954. The van der Waals surface area contributed by atoms with E-state index in [1.54, 1.807) is 0 Å². The first-order chi connectivity index (χ1) is 11.3. The Hall–Kier alpha value is -2.71. The summed E-state index contributed by atoms with van der Waals surface area (Å²) < 4.78 is 5.53. The number of carbonyl (C=O) groups excluding carboxylic acids is 1. The van der Waals surface area contributed by atoms with Crippen molar-refractivity contribution in [1.29, 1.82) is 0 Å². The topological polar surface area (TPSA) is 29.6 Å². The highest BCUT2D eigenvalue weighted by Gasteiger charge is 2.43. The predicted octanol–water partition coefficient (Wildman–Crippen LogP) is 4.50. The van der Waals surface area contributed by atoms with Gasteiger partial charge in [0.2, 0.25) is 0 Å². The smallest absolute Gasteiger partial charge is 0.194 e. The fourth-order valence-electron chi connectivity index (χ4n) is 2.76. The molecule has 0 amide bonds. The van der Waals surface area contributed by atoms with E-state index in [-0.39, 0.29) is 18.0 Å². The van der Waals surface area contributed by atoms with Gasteiger partial charge in [-0.15, -0.1) is 0 Å². The van der Waals surface area contributed by atoms with Crippen molar-refractivity contribution in [2.75, 3.05) is 0 Å². The molecule has 1 saturated heterocycles. The Morgan fingerprint density at radius 2 is 1.61 bits per heavy atom. The van der Waals surface area contributed by atoms with E-state index >= 15 is 0 Å². The number of ether oxygens (including phenoxy) is 1. The number of epoxide rings is 1. The van der Waals surface area contributed by atoms with Crippen molar-refractivity contribution < 1.29 is 9.53 Å². The van der Waals surface area contributed by atoms with E-state index in [9.17, 15) is 4.79 Å². The fraction of sp³-hybridized carbons (Fsp3) is 0.0952. The maximum Gasteiger partial charge on any atom is 0.194 e. The molecule has 1 aliphatic rings. The van der Waals surface area contributed by atoms with Crippen molar-refractivity contribution in [1.82, 2.24) is 0 Å². The maximum atomic E-state index is 12.5. The van der Waals surface area contributed by atoms with Gasteiger partial charge in [0.05, 0.1) is 0 Å². The van der Waals surface area contributed by atoms with Gasteiger partial charge >= 0.3 is 0 Å². The first-order valence-corrected chi connectivity index (χ1v) is 7.73. The number of Topliss-reactive ketones (excluding diaryl/α,β-unsaturated/α-hetero) is 1. The molecule has 1 aliphatic heterocycles. The highest BCUT2D eigenvalue weighted by atomic mass is 16.6. The molecule has 0 spiro atoms. The van der Waals surface area contributed by atoms with Crippen LogP contribution in [0.4, 0.5) is 0 Å². The molecule has 1 fully saturated rings. The van der Waals surface area contributed by atoms with Crippen molar-refractivity contribution in [3.05, 3.63) is 90.0 Å². The second-order valence-electron chi connectivity index (χ2n) is 5.72. The monoisotopic (exact) mass is 300 g/mol. The molecule has 112 valence electrons. The molecular weight excluding hydrogens is 284 g/mol. The Morgan fingerprint density at radius 1 is 0.870 bits per heavy atom. The standard InChI is InChI=1S/C21H16O2/c22-20(18-12-11-16-8-4-5-9-17(16)14-18)21-19(23-21)13-10-15-6-2-1-3-7-15/h1-14,19,21H/b13-10+/t19-,21+/m0/s1. The summed E-state index contributed by atoms with van der Waals surface area (Å²) in [6.45, 7) is 0. The first kappa shape index (κ1) is 13.9. The summed E-state index contributed by atoms with van der Waals surface area (Å²) in [5, 5.41) is 2.22. The van der Waals surface area contributed by atoms with E-state index in [1.807, 2.05) is 84.9 Å². The van der Waals surface area contributed by atoms with E-state index in [0.717, 1.165) is 16.3 Å². The number of ketones is 1. The van der Waals surface area contributed by atoms with Gasteiger partial charge in [0.15, 0.2) is 11.9 Å². The molecule has 3 aromatic carbocycles. The van der Waals surface area contributed by atoms with Gasteiger partial charge in [-0.25, -0.2) is 0 Å². The van der Waals surface area contributed by atoms with Gasteiger partial charge in [0.25, 0.3) is 0 Å². The van der Waals surface area contributed by atoms with Crippen LogP contribution in [0.15, 0.2) is 78.9 Å². The zero-order valence-corrected chi connectivity index (χ0v) is 12.6. The van der Waals surface area contributed by atoms with Crippen LogP contribution >= 0.6 is 0 Å². The molecule has 0 aromatic heterocycles. The van der Waals surface area contributed by atoms with E-state index in [2.05, 4.69) is 0 Å². The molecular formula is C21H16O2. The van der Waals surface area contributed by atoms with Crippen LogP contribution in [0.5, 0.6) is 0 Å². The highest BCUT2D eigenvalue weighted by Crippen LogP contribution is 2.29. The highest BCUT2D eigenvalue weighted by molar-refractivity contribution is 6.04. The Labute approximate surface area is 135 Å². The van der Waals surface area contributed by atoms with E-state index < -0.39 is 0 Å². The van der Waals surface area contributed by atoms with Crippen LogP contribution in [0.2, 0.25) is 0 Å². The maximum absolute atomic E-state index is 12.5. The van der Waals surface area contributed by atoms with Gasteiger partial charge < -0.3 is 4.74 Å². The lowest BCUT2D eigenvalue weighted by Crippen LogP contribution is -2.09. The quantitative estimate of drug-likeness (QED) is 0.524. The molecule has 2 heteroatoms. The minimum atomic E-state index is -0.351. The molecule has 0 bridgehead atoms. The Balaban J connectivity index is 1.48. The molecule has 23 heavy (non-hydrogen) atoms. The number of carbonyl (C=O) groups is 1. The van der Waals surface area contributed by atoms with E-state index in [4.69, 9.17) is 4.74 Å². The van der Waals surface area contributed by atoms with Crippen LogP contribution in [0, 0.1) is 0 Å². The Morgan fingerprint density at radius 3 is 2.43 bits per heavy atom. The molecule has 2 nitrogen and oxygen atoms in total. The van der Waals surface area contributed by atoms with E-state index in [1.165, 1.54) is 0 Å². The third-order valence-electron chi connectivity index (χ3n) is 4.10. The zero-order chi connectivity index (χ0) is 15.6. The van der Waals surface area contributed by atoms with Crippen LogP contribution in [-0.2, 0) is 4.74 Å². The molecule has 0 unspecified atom stereocenters. The third-order valence-corrected chi connectivity index (χ3v) is 4.10. The van der Waals surface area contributed by atoms with Gasteiger partial charge in [0, 0.05) is 5.56 Å². The van der Waals surface area contributed by atoms with Crippen molar-refractivity contribution in [2.24, 2.45) is 0 Å². The summed E-state index contributed by atoms with van der Waals surface area (Å²) in [6, 6.07) is 23.9. The average molecular weight is 300 g/mol. The summed E-state index contributed by atoms with van der Waals surface area (Å²) in [6.07, 6.45) is 3.49. The minimum absolute atomic E-state index is 0.0541. The van der Waals surface area contributed by atoms with Gasteiger partial charge in [-0.05, 0) is 22.4 Å². The normalized spacial score (nSPS) is 20.0. The molecule has 1 heterocycles. The van der Waals surface area contributed by atoms with Crippen molar-refractivity contribution in [3.8, 4) is 0 Å². The number of benzene rings is 3. The molecule has 0 saturated carbocycles. The number of hydrogen-bond acceptors (Lipinski definition) is 2. The number of hydrogen-bond donors (Lipinski definition) is 0. The van der Waals surface area contributed by atoms with Gasteiger partial charge in [0.1, 0.15) is 6.10 Å². The second kappa shape index (κ2) is 5.82. The van der Waals surface area contributed by atoms with Gasteiger partial charge in [-0.3, -0.25) is 4.79 Å². The average Bonchev–Trinajstić information content (AvgIpc) is 3.39. The van der Waals surface area contributed by atoms with Crippen molar-refractivity contribution >= 4 is 22.6 Å². The minimum Gasteiger partial charge on any atom is -0.356 e. The van der Waals surface area contributed by atoms with Crippen LogP contribution in [0.25, 0.3) is 16.8 Å². The third kappa shape index (κ3) is 2.94. The van der Waals surface area contributed by atoms with Crippen LogP contribution in [0.1, 0.15) is 15.9 Å². The predicted molar refractivity (Wildman–Crippen MR) is 92.4 cm³/mol. The SMILES string of the molecule is O=C(c1ccc2ccccc2c1)[C@@H]1O[C@H]1/C=C/c1ccccc1. The van der Waals surface area contributed by atoms with Crippen molar-refractivity contribution in [2.45, 2.75) is 12.2 Å². The molecule has 0 N–H and O–H groups in total. The largest absolute Gasteiger partial charge is 0.356 e. The molecule has 2 atom stereocenters. The molecule has 4 rings (SSSR count). The summed E-state index contributed by atoms with van der Waals surface area (Å²) >= 11 is 0. The number of rotatable bonds is 4. The Kier molecular flexibility index (Phi) is 3.52. The fourth-order valence-corrected chi connectivity index (χ4v) is 2.76. The lowest BCUT2D eigenvalue weighted by atomic mass is 10.0. The van der Waals surface area contributed by atoms with Crippen LogP contribution in [-0.4, -0.2) is 18.0 Å². The zero-order valence-electron chi connectivity index (χ0n) is 12.6. The van der Waals surface area contributed by atoms with Crippen LogP contribution < -0.4 is 0 Å². The number of fused-ring (bicyclic) bond motifs is 1. The van der Waals surface area contributed by atoms with Gasteiger partial charge in [-0.1, -0.05) is 78.9 Å². The molecule has 0 aliphatic carbocycles. The first-order valence-electron chi connectivity index (χ1n) is 7.73. The van der Waals surface area contributed by atoms with E-state index in [0.29, 0.717) is 5.56 Å². The van der Waals surface area contributed by atoms with Crippen molar-refractivity contribution in [3.63, 3.8) is 0 Å². The summed E-state index contributed by atoms with van der Waals surface area (Å²) in [5.74, 6) is 0.0541. The van der Waals surface area contributed by atoms with Crippen LogP contribution in [0.3, 0.4) is 0 Å². The second-order valence-corrected chi connectivity index (χ2v) is 5.72. The summed E-state index contributed by atoms with van der Waals surface area (Å²) in [7, 11) is 0. The summed E-state index contributed by atoms with van der Waals surface area (Å²) in [4.78, 5) is 12.5. The van der Waals surface area contributed by atoms with Gasteiger partial charge in [-0.2, -0.15) is 0 Å². The Bertz CT molecular complexity index is 880.